The number of carbonyl (C=O) groups excluding carboxylic acids is 2. The van der Waals surface area contributed by atoms with Gasteiger partial charge in [0.05, 0.1) is 24.2 Å². The van der Waals surface area contributed by atoms with E-state index in [2.05, 4.69) is 5.32 Å². The quantitative estimate of drug-likeness (QED) is 0.819. The molecule has 1 unspecified atom stereocenters. The van der Waals surface area contributed by atoms with Crippen molar-refractivity contribution >= 4 is 11.8 Å². The molecule has 0 heterocycles. The summed E-state index contributed by atoms with van der Waals surface area (Å²) in [7, 11) is 1.47. The number of nitrogens with two attached hydrogens (primary N) is 1. The Kier molecular flexibility index (Phi) is 6.98. The third kappa shape index (κ3) is 5.74. The molecule has 1 aromatic carbocycles. The standard InChI is InChI=1S/C17H24F3N3O2/c1-10(2)15(21)16(25)22-9-14(24)23(4)11(3)12-6-5-7-13(8-12)17(18,19)20/h5-8,10-11,15H,9,21H2,1-4H3,(H,22,25)/t11?,15-/m0/s1. The fourth-order valence-electron chi connectivity index (χ4n) is 2.12. The van der Waals surface area contributed by atoms with Gasteiger partial charge < -0.3 is 16.0 Å². The molecule has 25 heavy (non-hydrogen) atoms. The summed E-state index contributed by atoms with van der Waals surface area (Å²) >= 11 is 0. The average molecular weight is 359 g/mol. The zero-order chi connectivity index (χ0) is 19.4. The Bertz CT molecular complexity index is 617. The summed E-state index contributed by atoms with van der Waals surface area (Å²) in [6.07, 6.45) is -4.45. The number of likely N-dealkylation sites (N-methyl/N-ethyl adjacent to an activating group) is 1. The van der Waals surface area contributed by atoms with Crippen LogP contribution in [0.3, 0.4) is 0 Å². The molecule has 140 valence electrons. The summed E-state index contributed by atoms with van der Waals surface area (Å²) in [6.45, 7) is 4.93. The van der Waals surface area contributed by atoms with Crippen LogP contribution in [0.2, 0.25) is 0 Å². The zero-order valence-corrected chi connectivity index (χ0v) is 14.7. The molecule has 8 heteroatoms. The summed E-state index contributed by atoms with van der Waals surface area (Å²) < 4.78 is 38.4. The van der Waals surface area contributed by atoms with Gasteiger partial charge in [-0.05, 0) is 30.5 Å². The van der Waals surface area contributed by atoms with E-state index in [1.165, 1.54) is 24.1 Å². The number of alkyl halides is 3. The predicted octanol–water partition coefficient (Wildman–Crippen LogP) is 2.32. The molecule has 0 saturated carbocycles. The van der Waals surface area contributed by atoms with Gasteiger partial charge in [0, 0.05) is 7.05 Å². The average Bonchev–Trinajstić information content (AvgIpc) is 2.56. The van der Waals surface area contributed by atoms with Crippen LogP contribution in [-0.2, 0) is 15.8 Å². The molecule has 0 fully saturated rings. The number of hydrogen-bond acceptors (Lipinski definition) is 3. The summed E-state index contributed by atoms with van der Waals surface area (Å²) in [6, 6.07) is 3.52. The molecule has 0 aromatic heterocycles. The van der Waals surface area contributed by atoms with Gasteiger partial charge >= 0.3 is 6.18 Å². The molecule has 0 aliphatic rings. The Hall–Kier alpha value is -2.09. The Labute approximate surface area is 145 Å². The van der Waals surface area contributed by atoms with E-state index in [4.69, 9.17) is 5.73 Å². The van der Waals surface area contributed by atoms with Gasteiger partial charge in [0.1, 0.15) is 0 Å². The lowest BCUT2D eigenvalue weighted by molar-refractivity contribution is -0.137. The highest BCUT2D eigenvalue weighted by molar-refractivity contribution is 5.87. The first-order chi connectivity index (χ1) is 11.4. The number of carbonyl (C=O) groups is 2. The maximum atomic E-state index is 12.8. The molecule has 3 N–H and O–H groups in total. The molecule has 0 radical (unpaired) electrons. The lowest BCUT2D eigenvalue weighted by Gasteiger charge is -2.26. The van der Waals surface area contributed by atoms with Crippen LogP contribution in [-0.4, -0.2) is 36.3 Å². The normalized spacial score (nSPS) is 14.1. The van der Waals surface area contributed by atoms with Crippen LogP contribution in [0.5, 0.6) is 0 Å². The van der Waals surface area contributed by atoms with Crippen molar-refractivity contribution in [1.29, 1.82) is 0 Å². The topological polar surface area (TPSA) is 75.4 Å². The molecule has 0 aliphatic heterocycles. The lowest BCUT2D eigenvalue weighted by Crippen LogP contribution is -2.47. The number of halogens is 3. The van der Waals surface area contributed by atoms with E-state index in [-0.39, 0.29) is 12.5 Å². The van der Waals surface area contributed by atoms with Crippen molar-refractivity contribution in [2.24, 2.45) is 11.7 Å². The number of nitrogens with one attached hydrogen (secondary N) is 1. The van der Waals surface area contributed by atoms with E-state index in [1.54, 1.807) is 20.8 Å². The van der Waals surface area contributed by atoms with E-state index >= 15 is 0 Å². The first-order valence-electron chi connectivity index (χ1n) is 7.91. The fraction of sp³-hybridized carbons (Fsp3) is 0.529. The van der Waals surface area contributed by atoms with Gasteiger partial charge in [0.25, 0.3) is 0 Å². The predicted molar refractivity (Wildman–Crippen MR) is 88.5 cm³/mol. The third-order valence-electron chi connectivity index (χ3n) is 4.11. The molecule has 1 aromatic rings. The number of amides is 2. The second-order valence-corrected chi connectivity index (χ2v) is 6.29. The van der Waals surface area contributed by atoms with E-state index < -0.39 is 35.6 Å². The molecule has 0 bridgehead atoms. The minimum Gasteiger partial charge on any atom is -0.346 e. The van der Waals surface area contributed by atoms with Gasteiger partial charge in [-0.1, -0.05) is 26.0 Å². The van der Waals surface area contributed by atoms with Crippen molar-refractivity contribution in [1.82, 2.24) is 10.2 Å². The second-order valence-electron chi connectivity index (χ2n) is 6.29. The van der Waals surface area contributed by atoms with Crippen molar-refractivity contribution in [3.8, 4) is 0 Å². The molecule has 5 nitrogen and oxygen atoms in total. The van der Waals surface area contributed by atoms with E-state index in [9.17, 15) is 22.8 Å². The maximum Gasteiger partial charge on any atom is 0.416 e. The molecule has 2 atom stereocenters. The van der Waals surface area contributed by atoms with Crippen molar-refractivity contribution in [3.05, 3.63) is 35.4 Å². The van der Waals surface area contributed by atoms with E-state index in [1.807, 2.05) is 0 Å². The van der Waals surface area contributed by atoms with Crippen LogP contribution in [0, 0.1) is 5.92 Å². The highest BCUT2D eigenvalue weighted by Gasteiger charge is 2.31. The minimum atomic E-state index is -4.45. The van der Waals surface area contributed by atoms with Crippen LogP contribution in [0.25, 0.3) is 0 Å². The molecule has 1 rings (SSSR count). The van der Waals surface area contributed by atoms with Gasteiger partial charge in [-0.15, -0.1) is 0 Å². The number of rotatable bonds is 6. The van der Waals surface area contributed by atoms with E-state index in [0.717, 1.165) is 12.1 Å². The van der Waals surface area contributed by atoms with Crippen molar-refractivity contribution in [2.45, 2.75) is 39.0 Å². The lowest BCUT2D eigenvalue weighted by atomic mass is 10.0. The van der Waals surface area contributed by atoms with Crippen LogP contribution in [0.15, 0.2) is 24.3 Å². The molecular weight excluding hydrogens is 335 g/mol. The number of benzene rings is 1. The summed E-state index contributed by atoms with van der Waals surface area (Å²) in [5.74, 6) is -0.936. The first kappa shape index (κ1) is 21.0. The minimum absolute atomic E-state index is 0.0723. The summed E-state index contributed by atoms with van der Waals surface area (Å²) in [5.41, 5.74) is 5.27. The third-order valence-corrected chi connectivity index (χ3v) is 4.11. The first-order valence-corrected chi connectivity index (χ1v) is 7.91. The van der Waals surface area contributed by atoms with Gasteiger partial charge in [-0.25, -0.2) is 0 Å². The molecule has 0 saturated heterocycles. The Balaban J connectivity index is 2.74. The van der Waals surface area contributed by atoms with Crippen molar-refractivity contribution < 1.29 is 22.8 Å². The summed E-state index contributed by atoms with van der Waals surface area (Å²) in [4.78, 5) is 25.2. The van der Waals surface area contributed by atoms with Crippen molar-refractivity contribution in [2.75, 3.05) is 13.6 Å². The highest BCUT2D eigenvalue weighted by atomic mass is 19.4. The number of hydrogen-bond donors (Lipinski definition) is 2. The summed E-state index contributed by atoms with van der Waals surface area (Å²) in [5, 5.41) is 2.45. The van der Waals surface area contributed by atoms with Gasteiger partial charge in [-0.3, -0.25) is 9.59 Å². The smallest absolute Gasteiger partial charge is 0.346 e. The molecule has 0 aliphatic carbocycles. The van der Waals surface area contributed by atoms with Gasteiger partial charge in [0.2, 0.25) is 11.8 Å². The molecule has 2 amide bonds. The SMILES string of the molecule is CC(C)[C@H](N)C(=O)NCC(=O)N(C)C(C)c1cccc(C(F)(F)F)c1. The Morgan fingerprint density at radius 2 is 1.84 bits per heavy atom. The number of nitrogens with zero attached hydrogens (tertiary/aromatic N) is 1. The van der Waals surface area contributed by atoms with Crippen LogP contribution in [0.4, 0.5) is 13.2 Å². The van der Waals surface area contributed by atoms with Crippen LogP contribution in [0.1, 0.15) is 37.9 Å². The molecular formula is C17H24F3N3O2. The molecule has 0 spiro atoms. The Morgan fingerprint density at radius 3 is 2.36 bits per heavy atom. The largest absolute Gasteiger partial charge is 0.416 e. The highest BCUT2D eigenvalue weighted by Crippen LogP contribution is 2.31. The van der Waals surface area contributed by atoms with Crippen molar-refractivity contribution in [3.63, 3.8) is 0 Å². The fourth-order valence-corrected chi connectivity index (χ4v) is 2.12. The van der Waals surface area contributed by atoms with Gasteiger partial charge in [-0.2, -0.15) is 13.2 Å². The second kappa shape index (κ2) is 8.33. The van der Waals surface area contributed by atoms with E-state index in [0.29, 0.717) is 5.56 Å². The maximum absolute atomic E-state index is 12.8. The van der Waals surface area contributed by atoms with Crippen LogP contribution < -0.4 is 11.1 Å². The monoisotopic (exact) mass is 359 g/mol. The van der Waals surface area contributed by atoms with Crippen LogP contribution >= 0.6 is 0 Å². The zero-order valence-electron chi connectivity index (χ0n) is 14.7. The van der Waals surface area contributed by atoms with Gasteiger partial charge in [0.15, 0.2) is 0 Å². The Morgan fingerprint density at radius 1 is 1.24 bits per heavy atom.